The Bertz CT molecular complexity index is 21.7. The van der Waals surface area contributed by atoms with Crippen molar-refractivity contribution >= 4 is 0 Å². The summed E-state index contributed by atoms with van der Waals surface area (Å²) >= 11 is 0. The first-order valence-electron chi connectivity index (χ1n) is 2.10. The van der Waals surface area contributed by atoms with Gasteiger partial charge < -0.3 is 9.84 Å². The molecule has 3 heteroatoms. The normalized spacial score (nSPS) is 7.71. The van der Waals surface area contributed by atoms with Crippen molar-refractivity contribution in [3.8, 4) is 0 Å². The van der Waals surface area contributed by atoms with Crippen LogP contribution in [0.1, 0.15) is 6.92 Å². The first-order valence-corrected chi connectivity index (χ1v) is 2.10. The van der Waals surface area contributed by atoms with Crippen molar-refractivity contribution in [1.29, 1.82) is 0 Å². The third kappa shape index (κ3) is 10.7. The minimum absolute atomic E-state index is 0. The topological polar surface area (TPSA) is 29.5 Å². The minimum atomic E-state index is 0. The molecule has 0 bridgehead atoms. The molecule has 0 aromatic carbocycles. The van der Waals surface area contributed by atoms with E-state index in [0.717, 1.165) is 0 Å². The summed E-state index contributed by atoms with van der Waals surface area (Å²) in [5, 5.41) is 8.07. The summed E-state index contributed by atoms with van der Waals surface area (Å²) in [6, 6.07) is 0. The number of aliphatic hydroxyl groups is 1. The summed E-state index contributed by atoms with van der Waals surface area (Å²) in [6.45, 7) is 3.20. The molecule has 2 nitrogen and oxygen atoms in total. The van der Waals surface area contributed by atoms with Crippen molar-refractivity contribution in [3.05, 3.63) is 0 Å². The summed E-state index contributed by atoms with van der Waals surface area (Å²) in [5.74, 6) is 0. The third-order valence-corrected chi connectivity index (χ3v) is 0.440. The van der Waals surface area contributed by atoms with Crippen LogP contribution in [0.25, 0.3) is 0 Å². The van der Waals surface area contributed by atoms with E-state index in [4.69, 9.17) is 9.84 Å². The minimum Gasteiger partial charge on any atom is -0.394 e. The molecule has 0 atom stereocenters. The Morgan fingerprint density at radius 1 is 1.57 bits per heavy atom. The van der Waals surface area contributed by atoms with Gasteiger partial charge in [-0.2, -0.15) is 0 Å². The van der Waals surface area contributed by atoms with Crippen LogP contribution in [0.3, 0.4) is 0 Å². The quantitative estimate of drug-likeness (QED) is 0.573. The van der Waals surface area contributed by atoms with Crippen LogP contribution in [-0.2, 0) is 21.5 Å². The van der Waals surface area contributed by atoms with Gasteiger partial charge in [0.25, 0.3) is 0 Å². The van der Waals surface area contributed by atoms with E-state index < -0.39 is 0 Å². The molecule has 0 saturated carbocycles. The fourth-order valence-electron chi connectivity index (χ4n) is 0.209. The Morgan fingerprint density at radius 3 is 2.29 bits per heavy atom. The van der Waals surface area contributed by atoms with Gasteiger partial charge in [0.05, 0.1) is 13.2 Å². The summed E-state index contributed by atoms with van der Waals surface area (Å²) < 4.78 is 4.73. The molecule has 1 N–H and O–H groups in total. The van der Waals surface area contributed by atoms with Crippen LogP contribution in [0, 0.1) is 0 Å². The van der Waals surface area contributed by atoms with Gasteiger partial charge in [0.2, 0.25) is 0 Å². The molecule has 0 heterocycles. The van der Waals surface area contributed by atoms with Crippen LogP contribution in [0.4, 0.5) is 0 Å². The molecule has 0 aliphatic carbocycles. The molecule has 0 unspecified atom stereocenters. The smallest absolute Gasteiger partial charge is 0.0697 e. The molecular formula is C4H10CoO2. The van der Waals surface area contributed by atoms with E-state index in [2.05, 4.69) is 0 Å². The Kier molecular flexibility index (Phi) is 14.4. The molecule has 0 aromatic heterocycles. The van der Waals surface area contributed by atoms with E-state index in [1.807, 2.05) is 6.92 Å². The second-order valence-electron chi connectivity index (χ2n) is 0.921. The molecule has 0 fully saturated rings. The Morgan fingerprint density at radius 2 is 2.14 bits per heavy atom. The van der Waals surface area contributed by atoms with Crippen LogP contribution in [0.2, 0.25) is 0 Å². The molecule has 0 spiro atoms. The van der Waals surface area contributed by atoms with E-state index in [1.54, 1.807) is 0 Å². The van der Waals surface area contributed by atoms with Crippen LogP contribution in [0.5, 0.6) is 0 Å². The first kappa shape index (κ1) is 10.4. The summed E-state index contributed by atoms with van der Waals surface area (Å²) in [5.41, 5.74) is 0. The van der Waals surface area contributed by atoms with Crippen LogP contribution in [0.15, 0.2) is 0 Å². The molecule has 1 radical (unpaired) electrons. The van der Waals surface area contributed by atoms with Gasteiger partial charge in [0, 0.05) is 23.4 Å². The van der Waals surface area contributed by atoms with E-state index in [-0.39, 0.29) is 23.4 Å². The molecule has 7 heavy (non-hydrogen) atoms. The molecule has 0 aromatic rings. The number of hydrogen-bond acceptors (Lipinski definition) is 2. The van der Waals surface area contributed by atoms with Gasteiger partial charge in [0.1, 0.15) is 0 Å². The summed E-state index contributed by atoms with van der Waals surface area (Å²) in [4.78, 5) is 0. The zero-order valence-corrected chi connectivity index (χ0v) is 5.35. The van der Waals surface area contributed by atoms with Crippen LogP contribution in [-0.4, -0.2) is 24.9 Å². The van der Waals surface area contributed by atoms with Crippen molar-refractivity contribution in [3.63, 3.8) is 0 Å². The number of ether oxygens (including phenoxy) is 1. The second-order valence-corrected chi connectivity index (χ2v) is 0.921. The van der Waals surface area contributed by atoms with Crippen molar-refractivity contribution in [2.45, 2.75) is 6.92 Å². The van der Waals surface area contributed by atoms with E-state index in [9.17, 15) is 0 Å². The zero-order chi connectivity index (χ0) is 4.83. The van der Waals surface area contributed by atoms with Crippen LogP contribution < -0.4 is 0 Å². The van der Waals surface area contributed by atoms with Gasteiger partial charge >= 0.3 is 0 Å². The van der Waals surface area contributed by atoms with Gasteiger partial charge in [-0.25, -0.2) is 0 Å². The van der Waals surface area contributed by atoms with Gasteiger partial charge in [-0.15, -0.1) is 0 Å². The van der Waals surface area contributed by atoms with Crippen LogP contribution >= 0.6 is 0 Å². The number of aliphatic hydroxyl groups excluding tert-OH is 1. The molecular weight excluding hydrogens is 139 g/mol. The maximum Gasteiger partial charge on any atom is 0.0697 e. The summed E-state index contributed by atoms with van der Waals surface area (Å²) in [7, 11) is 0. The Hall–Kier alpha value is 0.426. The first-order chi connectivity index (χ1) is 2.91. The predicted molar refractivity (Wildman–Crippen MR) is 23.6 cm³/mol. The number of hydrogen-bond donors (Lipinski definition) is 1. The average Bonchev–Trinajstić information content (AvgIpc) is 1.61. The van der Waals surface area contributed by atoms with Crippen molar-refractivity contribution in [2.24, 2.45) is 0 Å². The van der Waals surface area contributed by atoms with Gasteiger partial charge in [-0.1, -0.05) is 0 Å². The Labute approximate surface area is 54.1 Å². The molecule has 0 aliphatic heterocycles. The standard InChI is InChI=1S/C4H10O2.Co/c1-2-6-4-3-5;/h5H,2-4H2,1H3;. The third-order valence-electron chi connectivity index (χ3n) is 0.440. The second kappa shape index (κ2) is 9.66. The van der Waals surface area contributed by atoms with Gasteiger partial charge in [-0.05, 0) is 6.92 Å². The van der Waals surface area contributed by atoms with Crippen molar-refractivity contribution < 1.29 is 26.6 Å². The number of rotatable bonds is 3. The average molecular weight is 149 g/mol. The molecule has 0 aliphatic rings. The van der Waals surface area contributed by atoms with Crippen molar-refractivity contribution in [1.82, 2.24) is 0 Å². The predicted octanol–water partition coefficient (Wildman–Crippen LogP) is 0.0127. The molecule has 0 rings (SSSR count). The largest absolute Gasteiger partial charge is 0.394 e. The fraction of sp³-hybridized carbons (Fsp3) is 1.00. The maximum atomic E-state index is 8.07. The Balaban J connectivity index is 0. The fourth-order valence-corrected chi connectivity index (χ4v) is 0.209. The molecule has 47 valence electrons. The van der Waals surface area contributed by atoms with E-state index >= 15 is 0 Å². The SMILES string of the molecule is CCOCCO.[Co]. The zero-order valence-electron chi connectivity index (χ0n) is 4.31. The monoisotopic (exact) mass is 149 g/mol. The van der Waals surface area contributed by atoms with Gasteiger partial charge in [0.15, 0.2) is 0 Å². The molecule has 0 amide bonds. The van der Waals surface area contributed by atoms with Crippen molar-refractivity contribution in [2.75, 3.05) is 19.8 Å². The summed E-state index contributed by atoms with van der Waals surface area (Å²) in [6.07, 6.45) is 0. The van der Waals surface area contributed by atoms with E-state index in [1.165, 1.54) is 0 Å². The van der Waals surface area contributed by atoms with Gasteiger partial charge in [-0.3, -0.25) is 0 Å². The maximum absolute atomic E-state index is 8.07. The molecule has 0 saturated heterocycles. The van der Waals surface area contributed by atoms with E-state index in [0.29, 0.717) is 13.2 Å².